The quantitative estimate of drug-likeness (QED) is 0.854. The summed E-state index contributed by atoms with van der Waals surface area (Å²) < 4.78 is 7.16. The number of imidazole rings is 1. The Morgan fingerprint density at radius 1 is 1.35 bits per heavy atom. The Morgan fingerprint density at radius 2 is 2.15 bits per heavy atom. The van der Waals surface area contributed by atoms with Gasteiger partial charge in [0, 0.05) is 44.4 Å². The highest BCUT2D eigenvalue weighted by atomic mass is 16.5. The summed E-state index contributed by atoms with van der Waals surface area (Å²) in [6.07, 6.45) is 3.87. The lowest BCUT2D eigenvalue weighted by atomic mass is 9.89. The number of carbonyl (C=O) groups excluding carboxylic acids is 1. The number of carboxylic acid groups (broad SMARTS) is 1. The minimum Gasteiger partial charge on any atom is -0.497 e. The molecule has 0 saturated carbocycles. The largest absolute Gasteiger partial charge is 0.497 e. The first-order chi connectivity index (χ1) is 12.5. The summed E-state index contributed by atoms with van der Waals surface area (Å²) in [7, 11) is 1.58. The van der Waals surface area contributed by atoms with Crippen LogP contribution in [0.1, 0.15) is 23.7 Å². The third-order valence-corrected chi connectivity index (χ3v) is 5.00. The zero-order valence-corrected chi connectivity index (χ0v) is 15.0. The molecule has 1 aliphatic heterocycles. The molecule has 1 aromatic carbocycles. The van der Waals surface area contributed by atoms with Crippen LogP contribution in [0, 0.1) is 12.8 Å². The smallest absolute Gasteiger partial charge is 0.308 e. The molecule has 1 amide bonds. The predicted octanol–water partition coefficient (Wildman–Crippen LogP) is 1.92. The van der Waals surface area contributed by atoms with Crippen molar-refractivity contribution in [2.75, 3.05) is 20.2 Å². The molecule has 0 spiro atoms. The van der Waals surface area contributed by atoms with Gasteiger partial charge in [0.2, 0.25) is 5.91 Å². The zero-order valence-electron chi connectivity index (χ0n) is 15.0. The number of carbonyl (C=O) groups is 2. The first kappa shape index (κ1) is 18.0. The van der Waals surface area contributed by atoms with Gasteiger partial charge < -0.3 is 19.3 Å². The third kappa shape index (κ3) is 3.71. The summed E-state index contributed by atoms with van der Waals surface area (Å²) in [6, 6.07) is 7.42. The maximum absolute atomic E-state index is 12.6. The molecule has 2 heterocycles. The summed E-state index contributed by atoms with van der Waals surface area (Å²) in [5.41, 5.74) is 0.887. The molecule has 26 heavy (non-hydrogen) atoms. The topological polar surface area (TPSA) is 84.7 Å². The predicted molar refractivity (Wildman–Crippen MR) is 95.0 cm³/mol. The molecule has 1 aliphatic rings. The van der Waals surface area contributed by atoms with Crippen molar-refractivity contribution in [3.05, 3.63) is 48.0 Å². The van der Waals surface area contributed by atoms with Gasteiger partial charge in [0.05, 0.1) is 13.0 Å². The van der Waals surface area contributed by atoms with Gasteiger partial charge >= 0.3 is 5.97 Å². The van der Waals surface area contributed by atoms with Gasteiger partial charge in [-0.25, -0.2) is 4.98 Å². The van der Waals surface area contributed by atoms with E-state index in [0.29, 0.717) is 25.3 Å². The third-order valence-electron chi connectivity index (χ3n) is 5.00. The van der Waals surface area contributed by atoms with Crippen molar-refractivity contribution in [1.82, 2.24) is 14.5 Å². The van der Waals surface area contributed by atoms with E-state index in [1.807, 2.05) is 42.0 Å². The number of carboxylic acids is 1. The summed E-state index contributed by atoms with van der Waals surface area (Å²) in [6.45, 7) is 3.08. The second kappa shape index (κ2) is 7.59. The highest BCUT2D eigenvalue weighted by Crippen LogP contribution is 2.34. The molecule has 2 atom stereocenters. The van der Waals surface area contributed by atoms with Crippen LogP contribution in [0.25, 0.3) is 0 Å². The Morgan fingerprint density at radius 3 is 2.81 bits per heavy atom. The van der Waals surface area contributed by atoms with Gasteiger partial charge in [-0.05, 0) is 24.6 Å². The monoisotopic (exact) mass is 357 g/mol. The Balaban J connectivity index is 1.71. The molecule has 0 radical (unpaired) electrons. The fourth-order valence-electron chi connectivity index (χ4n) is 3.48. The Kier molecular flexibility index (Phi) is 5.25. The number of hydrogen-bond donors (Lipinski definition) is 1. The van der Waals surface area contributed by atoms with Crippen LogP contribution < -0.4 is 4.74 Å². The molecule has 7 heteroatoms. The fraction of sp³-hybridized carbons (Fsp3) is 0.421. The number of likely N-dealkylation sites (tertiary alicyclic amines) is 1. The van der Waals surface area contributed by atoms with Crippen LogP contribution in [0.4, 0.5) is 0 Å². The molecule has 1 fully saturated rings. The molecule has 0 bridgehead atoms. The van der Waals surface area contributed by atoms with E-state index < -0.39 is 11.9 Å². The van der Waals surface area contributed by atoms with Crippen LogP contribution in [0.15, 0.2) is 36.7 Å². The van der Waals surface area contributed by atoms with Crippen molar-refractivity contribution >= 4 is 11.9 Å². The van der Waals surface area contributed by atoms with E-state index in [-0.39, 0.29) is 18.4 Å². The van der Waals surface area contributed by atoms with E-state index in [0.717, 1.165) is 11.4 Å². The lowest BCUT2D eigenvalue weighted by Crippen LogP contribution is -2.30. The summed E-state index contributed by atoms with van der Waals surface area (Å²) in [4.78, 5) is 30.1. The molecule has 1 N–H and O–H groups in total. The van der Waals surface area contributed by atoms with Gasteiger partial charge in [0.25, 0.3) is 0 Å². The number of aryl methyl sites for hydroxylation is 2. The molecular weight excluding hydrogens is 334 g/mol. The van der Waals surface area contributed by atoms with Gasteiger partial charge in [-0.15, -0.1) is 0 Å². The lowest BCUT2D eigenvalue weighted by molar-refractivity contribution is -0.141. The minimum absolute atomic E-state index is 0.0326. The van der Waals surface area contributed by atoms with Crippen LogP contribution in [0.5, 0.6) is 5.75 Å². The molecule has 2 unspecified atom stereocenters. The second-order valence-corrected chi connectivity index (χ2v) is 6.54. The van der Waals surface area contributed by atoms with Crippen LogP contribution >= 0.6 is 0 Å². The Hall–Kier alpha value is -2.83. The number of nitrogens with zero attached hydrogens (tertiary/aromatic N) is 3. The number of aliphatic carboxylic acids is 1. The number of benzene rings is 1. The van der Waals surface area contributed by atoms with Crippen LogP contribution in [0.3, 0.4) is 0 Å². The minimum atomic E-state index is -0.876. The van der Waals surface area contributed by atoms with E-state index >= 15 is 0 Å². The zero-order chi connectivity index (χ0) is 18.7. The van der Waals surface area contributed by atoms with Crippen molar-refractivity contribution in [1.29, 1.82) is 0 Å². The van der Waals surface area contributed by atoms with Crippen molar-refractivity contribution in [2.45, 2.75) is 25.8 Å². The molecule has 7 nitrogen and oxygen atoms in total. The van der Waals surface area contributed by atoms with Gasteiger partial charge in [-0.2, -0.15) is 0 Å². The molecular formula is C19H23N3O4. The fourth-order valence-corrected chi connectivity index (χ4v) is 3.48. The van der Waals surface area contributed by atoms with Crippen molar-refractivity contribution < 1.29 is 19.4 Å². The van der Waals surface area contributed by atoms with E-state index in [1.54, 1.807) is 18.2 Å². The Bertz CT molecular complexity index is 802. The Labute approximate surface area is 152 Å². The van der Waals surface area contributed by atoms with Gasteiger partial charge in [-0.1, -0.05) is 12.1 Å². The first-order valence-electron chi connectivity index (χ1n) is 8.62. The number of ether oxygens (including phenoxy) is 1. The van der Waals surface area contributed by atoms with E-state index in [9.17, 15) is 14.7 Å². The average Bonchev–Trinajstić information content (AvgIpc) is 3.26. The maximum Gasteiger partial charge on any atom is 0.308 e. The number of rotatable bonds is 6. The molecule has 2 aromatic rings. The highest BCUT2D eigenvalue weighted by Gasteiger charge is 2.40. The molecule has 1 aromatic heterocycles. The molecule has 1 saturated heterocycles. The van der Waals surface area contributed by atoms with E-state index in [2.05, 4.69) is 4.98 Å². The SMILES string of the molecule is COc1cccc(C2CN(C(=O)CCn3ccnc3C)CC2C(=O)O)c1. The molecule has 138 valence electrons. The van der Waals surface area contributed by atoms with Crippen molar-refractivity contribution in [3.63, 3.8) is 0 Å². The van der Waals surface area contributed by atoms with Crippen LogP contribution in [0.2, 0.25) is 0 Å². The molecule has 0 aliphatic carbocycles. The second-order valence-electron chi connectivity index (χ2n) is 6.54. The van der Waals surface area contributed by atoms with Crippen LogP contribution in [-0.4, -0.2) is 51.6 Å². The number of aromatic nitrogens is 2. The van der Waals surface area contributed by atoms with E-state index in [1.165, 1.54) is 0 Å². The van der Waals surface area contributed by atoms with E-state index in [4.69, 9.17) is 4.74 Å². The van der Waals surface area contributed by atoms with Gasteiger partial charge in [0.15, 0.2) is 0 Å². The number of methoxy groups -OCH3 is 1. The highest BCUT2D eigenvalue weighted by molar-refractivity contribution is 5.79. The van der Waals surface area contributed by atoms with Crippen molar-refractivity contribution in [3.8, 4) is 5.75 Å². The number of hydrogen-bond acceptors (Lipinski definition) is 4. The standard InChI is InChI=1S/C19H23N3O4/c1-13-20-7-9-21(13)8-6-18(23)22-11-16(17(12-22)19(24)25)14-4-3-5-15(10-14)26-2/h3-5,7,9-10,16-17H,6,8,11-12H2,1-2H3,(H,24,25). The number of amides is 1. The van der Waals surface area contributed by atoms with Crippen LogP contribution in [-0.2, 0) is 16.1 Å². The van der Waals surface area contributed by atoms with Crippen molar-refractivity contribution in [2.24, 2.45) is 5.92 Å². The maximum atomic E-state index is 12.6. The normalized spacial score (nSPS) is 19.5. The summed E-state index contributed by atoms with van der Waals surface area (Å²) >= 11 is 0. The first-order valence-corrected chi connectivity index (χ1v) is 8.62. The molecule has 3 rings (SSSR count). The lowest BCUT2D eigenvalue weighted by Gasteiger charge is -2.17. The summed E-state index contributed by atoms with van der Waals surface area (Å²) in [5.74, 6) is -0.209. The average molecular weight is 357 g/mol. The van der Waals surface area contributed by atoms with Gasteiger partial charge in [0.1, 0.15) is 11.6 Å². The summed E-state index contributed by atoms with van der Waals surface area (Å²) in [5, 5.41) is 9.61. The van der Waals surface area contributed by atoms with Gasteiger partial charge in [-0.3, -0.25) is 9.59 Å².